The van der Waals surface area contributed by atoms with Crippen LogP contribution in [-0.2, 0) is 19.5 Å². The molecular weight excluding hydrogens is 501 g/mol. The molecule has 0 saturated carbocycles. The second-order valence-electron chi connectivity index (χ2n) is 8.81. The van der Waals surface area contributed by atoms with E-state index in [1.54, 1.807) is 0 Å². The quantitative estimate of drug-likeness (QED) is 0.337. The molecule has 170 valence electrons. The minimum absolute atomic E-state index is 0. The molecule has 2 aromatic rings. The zero-order valence-electron chi connectivity index (χ0n) is 18.9. The highest BCUT2D eigenvalue weighted by atomic mass is 127. The number of benzene rings is 1. The predicted molar refractivity (Wildman–Crippen MR) is 136 cm³/mol. The summed E-state index contributed by atoms with van der Waals surface area (Å²) >= 11 is 0. The molecule has 3 heterocycles. The summed E-state index contributed by atoms with van der Waals surface area (Å²) in [5.74, 6) is 3.32. The number of guanidine groups is 1. The van der Waals surface area contributed by atoms with Crippen LogP contribution in [0.1, 0.15) is 56.2 Å². The van der Waals surface area contributed by atoms with Crippen LogP contribution in [0.5, 0.6) is 0 Å². The van der Waals surface area contributed by atoms with Crippen molar-refractivity contribution >= 4 is 29.9 Å². The van der Waals surface area contributed by atoms with Crippen LogP contribution in [-0.4, -0.2) is 57.8 Å². The number of aromatic nitrogens is 3. The SMILES string of the molecule is CN=C(NCC1CCCN1Cc1ccccc1)NC1CCc2nc(C(C)C)nn2C1.I. The molecule has 0 spiro atoms. The molecule has 2 N–H and O–H groups in total. The highest BCUT2D eigenvalue weighted by Gasteiger charge is 2.26. The number of aryl methyl sites for hydroxylation is 1. The molecule has 0 aliphatic carbocycles. The van der Waals surface area contributed by atoms with E-state index >= 15 is 0 Å². The van der Waals surface area contributed by atoms with E-state index in [0.717, 1.165) is 50.1 Å². The fraction of sp³-hybridized carbons (Fsp3) is 0.609. The molecule has 2 aliphatic rings. The number of hydrogen-bond donors (Lipinski definition) is 2. The molecule has 31 heavy (non-hydrogen) atoms. The molecule has 4 rings (SSSR count). The van der Waals surface area contributed by atoms with Gasteiger partial charge in [0.1, 0.15) is 5.82 Å². The first-order valence-corrected chi connectivity index (χ1v) is 11.3. The fourth-order valence-electron chi connectivity index (χ4n) is 4.45. The number of aliphatic imine (C=N–C) groups is 1. The van der Waals surface area contributed by atoms with Crippen molar-refractivity contribution in [3.63, 3.8) is 0 Å². The first kappa shape index (κ1) is 24.0. The van der Waals surface area contributed by atoms with Gasteiger partial charge in [0.25, 0.3) is 0 Å². The van der Waals surface area contributed by atoms with Gasteiger partial charge in [0, 0.05) is 44.6 Å². The maximum Gasteiger partial charge on any atom is 0.191 e. The van der Waals surface area contributed by atoms with Crippen LogP contribution < -0.4 is 10.6 Å². The van der Waals surface area contributed by atoms with Crippen LogP contribution >= 0.6 is 24.0 Å². The van der Waals surface area contributed by atoms with Gasteiger partial charge in [-0.15, -0.1) is 24.0 Å². The van der Waals surface area contributed by atoms with Crippen molar-refractivity contribution < 1.29 is 0 Å². The summed E-state index contributed by atoms with van der Waals surface area (Å²) in [4.78, 5) is 11.7. The van der Waals surface area contributed by atoms with Gasteiger partial charge in [-0.2, -0.15) is 5.10 Å². The number of nitrogens with one attached hydrogen (secondary N) is 2. The fourth-order valence-corrected chi connectivity index (χ4v) is 4.45. The smallest absolute Gasteiger partial charge is 0.191 e. The number of rotatable bonds is 6. The zero-order valence-corrected chi connectivity index (χ0v) is 21.3. The second kappa shape index (κ2) is 11.3. The van der Waals surface area contributed by atoms with Crippen molar-refractivity contribution in [3.05, 3.63) is 47.5 Å². The summed E-state index contributed by atoms with van der Waals surface area (Å²) in [7, 11) is 1.85. The summed E-state index contributed by atoms with van der Waals surface area (Å²) in [5, 5.41) is 11.9. The van der Waals surface area contributed by atoms with Crippen molar-refractivity contribution in [1.82, 2.24) is 30.3 Å². The van der Waals surface area contributed by atoms with E-state index in [4.69, 9.17) is 5.10 Å². The van der Waals surface area contributed by atoms with Crippen molar-refractivity contribution in [3.8, 4) is 0 Å². The summed E-state index contributed by atoms with van der Waals surface area (Å²) in [6.07, 6.45) is 4.52. The van der Waals surface area contributed by atoms with Crippen LogP contribution in [0.2, 0.25) is 0 Å². The average molecular weight is 537 g/mol. The van der Waals surface area contributed by atoms with Crippen molar-refractivity contribution in [1.29, 1.82) is 0 Å². The van der Waals surface area contributed by atoms with Gasteiger partial charge in [-0.3, -0.25) is 9.89 Å². The highest BCUT2D eigenvalue weighted by Crippen LogP contribution is 2.20. The largest absolute Gasteiger partial charge is 0.355 e. The summed E-state index contributed by atoms with van der Waals surface area (Å²) in [6, 6.07) is 11.6. The van der Waals surface area contributed by atoms with Crippen molar-refractivity contribution in [2.45, 2.75) is 70.6 Å². The monoisotopic (exact) mass is 537 g/mol. The van der Waals surface area contributed by atoms with Gasteiger partial charge in [-0.1, -0.05) is 44.2 Å². The minimum atomic E-state index is 0. The van der Waals surface area contributed by atoms with Gasteiger partial charge >= 0.3 is 0 Å². The second-order valence-corrected chi connectivity index (χ2v) is 8.81. The van der Waals surface area contributed by atoms with E-state index in [1.165, 1.54) is 24.9 Å². The molecule has 0 amide bonds. The number of nitrogens with zero attached hydrogens (tertiary/aromatic N) is 5. The number of fused-ring (bicyclic) bond motifs is 1. The normalized spacial score (nSPS) is 21.6. The third kappa shape index (κ3) is 6.19. The molecule has 0 radical (unpaired) electrons. The van der Waals surface area contributed by atoms with E-state index in [0.29, 0.717) is 18.0 Å². The van der Waals surface area contributed by atoms with Crippen molar-refractivity contribution in [2.75, 3.05) is 20.1 Å². The Morgan fingerprint density at radius 1 is 1.23 bits per heavy atom. The van der Waals surface area contributed by atoms with E-state index in [2.05, 4.69) is 74.4 Å². The Hall–Kier alpha value is -1.68. The van der Waals surface area contributed by atoms with Crippen LogP contribution in [0.25, 0.3) is 0 Å². The Labute approximate surface area is 203 Å². The Morgan fingerprint density at radius 3 is 2.77 bits per heavy atom. The molecule has 7 nitrogen and oxygen atoms in total. The van der Waals surface area contributed by atoms with Crippen LogP contribution in [0.4, 0.5) is 0 Å². The molecule has 0 bridgehead atoms. The molecule has 1 aromatic heterocycles. The Balaban J connectivity index is 0.00000272. The third-order valence-corrected chi connectivity index (χ3v) is 6.19. The van der Waals surface area contributed by atoms with Crippen LogP contribution in [0.3, 0.4) is 0 Å². The van der Waals surface area contributed by atoms with E-state index < -0.39 is 0 Å². The predicted octanol–water partition coefficient (Wildman–Crippen LogP) is 3.16. The Kier molecular flexibility index (Phi) is 8.71. The molecule has 1 saturated heterocycles. The standard InChI is InChI=1S/C23H35N7.HI/c1-17(2)22-27-21-12-11-19(16-30(21)28-22)26-23(24-3)25-14-20-10-7-13-29(20)15-18-8-5-4-6-9-18;/h4-6,8-9,17,19-20H,7,10-16H2,1-3H3,(H2,24,25,26);1H. The summed E-state index contributed by atoms with van der Waals surface area (Å²) in [5.41, 5.74) is 1.39. The number of hydrogen-bond acceptors (Lipinski definition) is 4. The summed E-state index contributed by atoms with van der Waals surface area (Å²) in [6.45, 7) is 8.25. The van der Waals surface area contributed by atoms with Gasteiger partial charge in [-0.25, -0.2) is 9.67 Å². The maximum absolute atomic E-state index is 4.69. The number of halogens is 1. The van der Waals surface area contributed by atoms with Gasteiger partial charge in [0.15, 0.2) is 11.8 Å². The maximum atomic E-state index is 4.69. The molecule has 1 fully saturated rings. The lowest BCUT2D eigenvalue weighted by molar-refractivity contribution is 0.245. The first-order chi connectivity index (χ1) is 14.6. The van der Waals surface area contributed by atoms with E-state index in [9.17, 15) is 0 Å². The van der Waals surface area contributed by atoms with Crippen LogP contribution in [0.15, 0.2) is 35.3 Å². The minimum Gasteiger partial charge on any atom is -0.355 e. The van der Waals surface area contributed by atoms with Gasteiger partial charge in [0.05, 0.1) is 6.54 Å². The highest BCUT2D eigenvalue weighted by molar-refractivity contribution is 14.0. The lowest BCUT2D eigenvalue weighted by Gasteiger charge is -2.28. The Morgan fingerprint density at radius 2 is 2.03 bits per heavy atom. The molecule has 1 aromatic carbocycles. The molecule has 8 heteroatoms. The van der Waals surface area contributed by atoms with Crippen LogP contribution in [0, 0.1) is 0 Å². The molecule has 2 aliphatic heterocycles. The van der Waals surface area contributed by atoms with Gasteiger partial charge in [0.2, 0.25) is 0 Å². The molecular formula is C23H36IN7. The van der Waals surface area contributed by atoms with Gasteiger partial charge in [-0.05, 0) is 31.4 Å². The topological polar surface area (TPSA) is 70.4 Å². The lowest BCUT2D eigenvalue weighted by atomic mass is 10.1. The van der Waals surface area contributed by atoms with Crippen molar-refractivity contribution in [2.24, 2.45) is 4.99 Å². The average Bonchev–Trinajstić information content (AvgIpc) is 3.38. The third-order valence-electron chi connectivity index (χ3n) is 6.19. The lowest BCUT2D eigenvalue weighted by Crippen LogP contribution is -2.49. The molecule has 2 unspecified atom stereocenters. The number of likely N-dealkylation sites (tertiary alicyclic amines) is 1. The first-order valence-electron chi connectivity index (χ1n) is 11.3. The summed E-state index contributed by atoms with van der Waals surface area (Å²) < 4.78 is 2.07. The van der Waals surface area contributed by atoms with Gasteiger partial charge < -0.3 is 10.6 Å². The zero-order chi connectivity index (χ0) is 20.9. The Bertz CT molecular complexity index is 849. The van der Waals surface area contributed by atoms with E-state index in [1.807, 2.05) is 7.05 Å². The molecule has 2 atom stereocenters. The van der Waals surface area contributed by atoms with E-state index in [-0.39, 0.29) is 24.0 Å².